The van der Waals surface area contributed by atoms with E-state index >= 15 is 0 Å². The average Bonchev–Trinajstić information content (AvgIpc) is 3.28. The van der Waals surface area contributed by atoms with E-state index in [0.29, 0.717) is 19.4 Å². The molecule has 1 aromatic carbocycles. The Balaban J connectivity index is 1.35. The number of sulfonamides is 1. The summed E-state index contributed by atoms with van der Waals surface area (Å²) in [5.41, 5.74) is 1.88. The summed E-state index contributed by atoms with van der Waals surface area (Å²) in [6.07, 6.45) is 6.04. The van der Waals surface area contributed by atoms with Crippen molar-refractivity contribution in [2.45, 2.75) is 24.3 Å². The molecule has 1 aliphatic heterocycles. The third-order valence-electron chi connectivity index (χ3n) is 5.60. The predicted molar refractivity (Wildman–Crippen MR) is 121 cm³/mol. The van der Waals surface area contributed by atoms with Crippen molar-refractivity contribution < 1.29 is 13.2 Å². The molecule has 8 nitrogen and oxygen atoms in total. The summed E-state index contributed by atoms with van der Waals surface area (Å²) in [4.78, 5) is 18.5. The number of halogens is 1. The van der Waals surface area contributed by atoms with E-state index in [4.69, 9.17) is 11.6 Å². The number of carbonyl (C=O) groups excluding carboxylic acids is 1. The van der Waals surface area contributed by atoms with Crippen LogP contribution in [0.2, 0.25) is 5.15 Å². The average molecular weight is 474 g/mol. The van der Waals surface area contributed by atoms with Crippen molar-refractivity contribution in [3.63, 3.8) is 0 Å². The molecule has 168 valence electrons. The number of piperidine rings is 1. The summed E-state index contributed by atoms with van der Waals surface area (Å²) < 4.78 is 28.9. The third kappa shape index (κ3) is 4.69. The van der Waals surface area contributed by atoms with Gasteiger partial charge in [-0.05, 0) is 37.1 Å². The number of nitrogens with zero attached hydrogens (tertiary/aromatic N) is 5. The fourth-order valence-corrected chi connectivity index (χ4v) is 5.77. The summed E-state index contributed by atoms with van der Waals surface area (Å²) >= 11 is 5.98. The van der Waals surface area contributed by atoms with Crippen molar-refractivity contribution in [2.24, 2.45) is 5.92 Å². The van der Waals surface area contributed by atoms with Crippen LogP contribution in [0.25, 0.3) is 5.69 Å². The van der Waals surface area contributed by atoms with Crippen molar-refractivity contribution in [3.05, 3.63) is 71.8 Å². The number of amides is 1. The normalized spacial score (nSPS) is 15.6. The maximum Gasteiger partial charge on any atom is 0.246 e. The summed E-state index contributed by atoms with van der Waals surface area (Å²) in [5.74, 6) is -0.214. The summed E-state index contributed by atoms with van der Waals surface area (Å²) in [6.45, 7) is 0.975. The lowest BCUT2D eigenvalue weighted by molar-refractivity contribution is -0.135. The lowest BCUT2D eigenvalue weighted by Gasteiger charge is -2.32. The Hall–Kier alpha value is -2.75. The molecule has 0 N–H and O–H groups in total. The van der Waals surface area contributed by atoms with Gasteiger partial charge in [-0.1, -0.05) is 29.8 Å². The summed E-state index contributed by atoms with van der Waals surface area (Å²) in [6, 6.07) is 12.8. The molecule has 3 aromatic rings. The molecule has 10 heteroatoms. The van der Waals surface area contributed by atoms with Gasteiger partial charge in [-0.15, -0.1) is 0 Å². The molecule has 3 heterocycles. The van der Waals surface area contributed by atoms with Gasteiger partial charge in [0, 0.05) is 50.6 Å². The van der Waals surface area contributed by atoms with Crippen LogP contribution in [0, 0.1) is 5.92 Å². The number of pyridine rings is 1. The Morgan fingerprint density at radius 3 is 2.56 bits per heavy atom. The van der Waals surface area contributed by atoms with Gasteiger partial charge in [-0.2, -0.15) is 9.40 Å². The number of rotatable bonds is 6. The highest BCUT2D eigenvalue weighted by atomic mass is 35.5. The van der Waals surface area contributed by atoms with Gasteiger partial charge in [0.05, 0.1) is 11.9 Å². The van der Waals surface area contributed by atoms with Gasteiger partial charge < -0.3 is 4.90 Å². The van der Waals surface area contributed by atoms with E-state index in [2.05, 4.69) is 10.1 Å². The van der Waals surface area contributed by atoms with Gasteiger partial charge >= 0.3 is 0 Å². The van der Waals surface area contributed by atoms with Crippen LogP contribution in [0.1, 0.15) is 18.4 Å². The molecule has 0 bridgehead atoms. The number of benzene rings is 1. The molecule has 1 saturated heterocycles. The first kappa shape index (κ1) is 22.4. The minimum absolute atomic E-state index is 0.000936. The smallest absolute Gasteiger partial charge is 0.246 e. The van der Waals surface area contributed by atoms with Crippen LogP contribution in [0.4, 0.5) is 0 Å². The van der Waals surface area contributed by atoms with Gasteiger partial charge in [0.25, 0.3) is 0 Å². The molecule has 32 heavy (non-hydrogen) atoms. The molecule has 0 radical (unpaired) electrons. The fraction of sp³-hybridized carbons (Fsp3) is 0.318. The highest BCUT2D eigenvalue weighted by Gasteiger charge is 2.34. The zero-order valence-electron chi connectivity index (χ0n) is 17.6. The van der Waals surface area contributed by atoms with E-state index in [1.165, 1.54) is 16.6 Å². The molecule has 1 fully saturated rings. The maximum atomic E-state index is 13.0. The SMILES string of the molecule is CN(Cc1cnn(-c2ccccc2)c1)C(=O)C1CCN(S(=O)(=O)c2cccnc2Cl)CC1. The molecule has 1 amide bonds. The lowest BCUT2D eigenvalue weighted by Crippen LogP contribution is -2.43. The van der Waals surface area contributed by atoms with Crippen molar-refractivity contribution in [3.8, 4) is 5.69 Å². The minimum atomic E-state index is -3.73. The molecular formula is C22H24ClN5O3S. The molecular weight excluding hydrogens is 450 g/mol. The zero-order valence-corrected chi connectivity index (χ0v) is 19.2. The van der Waals surface area contributed by atoms with Crippen LogP contribution in [0.5, 0.6) is 0 Å². The molecule has 2 aromatic heterocycles. The van der Waals surface area contributed by atoms with E-state index in [-0.39, 0.29) is 35.0 Å². The first-order chi connectivity index (χ1) is 15.4. The third-order valence-corrected chi connectivity index (χ3v) is 7.94. The second-order valence-electron chi connectivity index (χ2n) is 7.79. The Kier molecular flexibility index (Phi) is 6.59. The van der Waals surface area contributed by atoms with Crippen molar-refractivity contribution in [1.29, 1.82) is 0 Å². The molecule has 1 aliphatic rings. The predicted octanol–water partition coefficient (Wildman–Crippen LogP) is 2.98. The van der Waals surface area contributed by atoms with E-state index in [1.54, 1.807) is 28.9 Å². The van der Waals surface area contributed by atoms with E-state index in [1.807, 2.05) is 36.5 Å². The molecule has 0 saturated carbocycles. The monoisotopic (exact) mass is 473 g/mol. The number of hydrogen-bond donors (Lipinski definition) is 0. The molecule has 0 aliphatic carbocycles. The zero-order chi connectivity index (χ0) is 22.7. The van der Waals surface area contributed by atoms with Gasteiger partial charge in [-0.25, -0.2) is 18.1 Å². The lowest BCUT2D eigenvalue weighted by atomic mass is 9.96. The van der Waals surface area contributed by atoms with Crippen LogP contribution in [-0.2, 0) is 21.4 Å². The van der Waals surface area contributed by atoms with Gasteiger partial charge in [-0.3, -0.25) is 4.79 Å². The first-order valence-electron chi connectivity index (χ1n) is 10.3. The first-order valence-corrected chi connectivity index (χ1v) is 12.1. The molecule has 0 spiro atoms. The minimum Gasteiger partial charge on any atom is -0.341 e. The van der Waals surface area contributed by atoms with Crippen LogP contribution in [0.3, 0.4) is 0 Å². The van der Waals surface area contributed by atoms with Crippen molar-refractivity contribution in [1.82, 2.24) is 24.0 Å². The molecule has 0 unspecified atom stereocenters. The number of carbonyl (C=O) groups is 1. The Morgan fingerprint density at radius 2 is 1.88 bits per heavy atom. The largest absolute Gasteiger partial charge is 0.341 e. The fourth-order valence-electron chi connectivity index (χ4n) is 3.87. The number of para-hydroxylation sites is 1. The summed E-state index contributed by atoms with van der Waals surface area (Å²) in [7, 11) is -1.97. The highest BCUT2D eigenvalue weighted by molar-refractivity contribution is 7.89. The number of aromatic nitrogens is 3. The molecule has 4 rings (SSSR count). The van der Waals surface area contributed by atoms with Crippen LogP contribution < -0.4 is 0 Å². The second kappa shape index (κ2) is 9.40. The highest BCUT2D eigenvalue weighted by Crippen LogP contribution is 2.28. The van der Waals surface area contributed by atoms with Gasteiger partial charge in [0.15, 0.2) is 0 Å². The summed E-state index contributed by atoms with van der Waals surface area (Å²) in [5, 5.41) is 4.33. The van der Waals surface area contributed by atoms with Gasteiger partial charge in [0.1, 0.15) is 10.0 Å². The van der Waals surface area contributed by atoms with E-state index in [9.17, 15) is 13.2 Å². The maximum absolute atomic E-state index is 13.0. The van der Waals surface area contributed by atoms with Crippen molar-refractivity contribution in [2.75, 3.05) is 20.1 Å². The van der Waals surface area contributed by atoms with E-state index < -0.39 is 10.0 Å². The standard InChI is InChI=1S/C22H24ClN5O3S/c1-26(15-17-14-25-28(16-17)19-6-3-2-4-7-19)22(29)18-9-12-27(13-10-18)32(30,31)20-8-5-11-24-21(20)23/h2-8,11,14,16,18H,9-10,12-13,15H2,1H3. The van der Waals surface area contributed by atoms with Gasteiger partial charge in [0.2, 0.25) is 15.9 Å². The van der Waals surface area contributed by atoms with Crippen molar-refractivity contribution >= 4 is 27.5 Å². The Morgan fingerprint density at radius 1 is 1.16 bits per heavy atom. The molecule has 0 atom stereocenters. The number of hydrogen-bond acceptors (Lipinski definition) is 5. The van der Waals surface area contributed by atoms with Crippen LogP contribution in [-0.4, -0.2) is 58.4 Å². The quantitative estimate of drug-likeness (QED) is 0.513. The van der Waals surface area contributed by atoms with Crippen LogP contribution in [0.15, 0.2) is 66.0 Å². The topological polar surface area (TPSA) is 88.4 Å². The van der Waals surface area contributed by atoms with E-state index in [0.717, 1.165) is 11.3 Å². The Bertz CT molecular complexity index is 1190. The second-order valence-corrected chi connectivity index (χ2v) is 10.1. The Labute approximate surface area is 192 Å². The van der Waals surface area contributed by atoms with Crippen LogP contribution >= 0.6 is 11.6 Å².